The number of anilines is 2. The number of nitrogens with one attached hydrogen (secondary N) is 1. The van der Waals surface area contributed by atoms with E-state index < -0.39 is 10.8 Å². The van der Waals surface area contributed by atoms with E-state index in [2.05, 4.69) is 16.4 Å². The number of nitrogens with zero attached hydrogens (tertiary/aromatic N) is 3. The Bertz CT molecular complexity index is 1140. The van der Waals surface area contributed by atoms with Gasteiger partial charge in [0.15, 0.2) is 5.16 Å². The number of nitriles is 1. The van der Waals surface area contributed by atoms with E-state index in [0.29, 0.717) is 35.2 Å². The fourth-order valence-corrected chi connectivity index (χ4v) is 3.79. The molecular formula is C22H21N5O2S. The zero-order valence-corrected chi connectivity index (χ0v) is 17.2. The number of nitrogens with two attached hydrogens (primary N) is 1. The van der Waals surface area contributed by atoms with Crippen LogP contribution in [0.3, 0.4) is 0 Å². The lowest BCUT2D eigenvalue weighted by atomic mass is 10.1. The van der Waals surface area contributed by atoms with Crippen LogP contribution in [-0.4, -0.2) is 20.7 Å². The van der Waals surface area contributed by atoms with Crippen molar-refractivity contribution in [2.75, 3.05) is 11.1 Å². The molecule has 0 aliphatic carbocycles. The molecule has 0 aliphatic heterocycles. The molecule has 3 N–H and O–H groups in total. The second-order valence-electron chi connectivity index (χ2n) is 6.60. The molecule has 0 saturated heterocycles. The fourth-order valence-electron chi connectivity index (χ4n) is 2.84. The molecule has 0 saturated carbocycles. The van der Waals surface area contributed by atoms with Crippen LogP contribution in [0.1, 0.15) is 18.1 Å². The lowest BCUT2D eigenvalue weighted by Gasteiger charge is -2.17. The Kier molecular flexibility index (Phi) is 6.88. The summed E-state index contributed by atoms with van der Waals surface area (Å²) >= 11 is 1.15. The zero-order valence-electron chi connectivity index (χ0n) is 16.4. The number of rotatable bonds is 7. The van der Waals surface area contributed by atoms with E-state index in [0.717, 1.165) is 17.3 Å². The number of nitrogen functional groups attached to an aromatic ring is 1. The Hall–Kier alpha value is -3.57. The van der Waals surface area contributed by atoms with E-state index in [-0.39, 0.29) is 5.91 Å². The van der Waals surface area contributed by atoms with Gasteiger partial charge in [0.1, 0.15) is 11.9 Å². The molecule has 2 aromatic carbocycles. The van der Waals surface area contributed by atoms with Gasteiger partial charge < -0.3 is 15.6 Å². The minimum Gasteiger partial charge on any atom is -0.385 e. The van der Waals surface area contributed by atoms with Gasteiger partial charge in [-0.05, 0) is 31.0 Å². The normalized spacial score (nSPS) is 11.5. The summed E-state index contributed by atoms with van der Waals surface area (Å²) in [6.07, 6.45) is 0.708. The van der Waals surface area contributed by atoms with E-state index in [1.807, 2.05) is 30.3 Å². The number of aromatic nitrogens is 2. The molecule has 30 heavy (non-hydrogen) atoms. The van der Waals surface area contributed by atoms with Crippen molar-refractivity contribution in [3.05, 3.63) is 82.1 Å². The maximum absolute atomic E-state index is 12.7. The summed E-state index contributed by atoms with van der Waals surface area (Å²) in [4.78, 5) is 28.6. The van der Waals surface area contributed by atoms with E-state index in [9.17, 15) is 14.9 Å². The van der Waals surface area contributed by atoms with Gasteiger partial charge in [-0.15, -0.1) is 0 Å². The van der Waals surface area contributed by atoms with Crippen LogP contribution in [0.4, 0.5) is 11.5 Å². The third-order valence-electron chi connectivity index (χ3n) is 4.44. The summed E-state index contributed by atoms with van der Waals surface area (Å²) in [5, 5.41) is 11.8. The maximum atomic E-state index is 12.7. The lowest BCUT2D eigenvalue weighted by Crippen LogP contribution is -2.25. The molecule has 1 amide bonds. The summed E-state index contributed by atoms with van der Waals surface area (Å²) in [5.74, 6) is 0.00449. The number of amides is 1. The highest BCUT2D eigenvalue weighted by Crippen LogP contribution is 2.24. The average molecular weight is 420 g/mol. The van der Waals surface area contributed by atoms with Gasteiger partial charge in [0, 0.05) is 12.6 Å². The van der Waals surface area contributed by atoms with Crippen molar-refractivity contribution in [3.8, 4) is 6.07 Å². The van der Waals surface area contributed by atoms with Crippen molar-refractivity contribution in [1.82, 2.24) is 9.55 Å². The molecule has 0 bridgehead atoms. The van der Waals surface area contributed by atoms with Crippen molar-refractivity contribution in [2.24, 2.45) is 0 Å². The zero-order chi connectivity index (χ0) is 21.5. The Morgan fingerprint density at radius 3 is 2.67 bits per heavy atom. The van der Waals surface area contributed by atoms with E-state index in [4.69, 9.17) is 5.73 Å². The summed E-state index contributed by atoms with van der Waals surface area (Å²) in [6.45, 7) is 2.24. The SMILES string of the molecule is C[C@H](Sc1nc(=O)cc(N)n1CCc1ccccc1)C(=O)Nc1ccccc1C#N. The van der Waals surface area contributed by atoms with Gasteiger partial charge in [-0.25, -0.2) is 0 Å². The van der Waals surface area contributed by atoms with Gasteiger partial charge in [0.2, 0.25) is 5.91 Å². The molecule has 1 aromatic heterocycles. The molecule has 0 fully saturated rings. The quantitative estimate of drug-likeness (QED) is 0.449. The molecule has 7 nitrogen and oxygen atoms in total. The van der Waals surface area contributed by atoms with Gasteiger partial charge in [-0.3, -0.25) is 9.59 Å². The molecule has 0 unspecified atom stereocenters. The van der Waals surface area contributed by atoms with E-state index >= 15 is 0 Å². The average Bonchev–Trinajstić information content (AvgIpc) is 2.74. The topological polar surface area (TPSA) is 114 Å². The van der Waals surface area contributed by atoms with Crippen LogP contribution in [0.25, 0.3) is 0 Å². The highest BCUT2D eigenvalue weighted by Gasteiger charge is 2.19. The van der Waals surface area contributed by atoms with Gasteiger partial charge >= 0.3 is 0 Å². The number of benzene rings is 2. The molecule has 0 aliphatic rings. The molecule has 152 valence electrons. The van der Waals surface area contributed by atoms with Crippen LogP contribution < -0.4 is 16.6 Å². The third kappa shape index (κ3) is 5.27. The van der Waals surface area contributed by atoms with Crippen molar-refractivity contribution in [1.29, 1.82) is 5.26 Å². The molecule has 0 spiro atoms. The maximum Gasteiger partial charge on any atom is 0.275 e. The van der Waals surface area contributed by atoms with Crippen LogP contribution in [-0.2, 0) is 17.8 Å². The van der Waals surface area contributed by atoms with Gasteiger partial charge in [-0.1, -0.05) is 54.2 Å². The van der Waals surface area contributed by atoms with Crippen LogP contribution >= 0.6 is 11.8 Å². The number of aryl methyl sites for hydroxylation is 1. The molecule has 3 aromatic rings. The number of carbonyl (C=O) groups is 1. The van der Waals surface area contributed by atoms with Crippen molar-refractivity contribution in [2.45, 2.75) is 30.3 Å². The number of hydrogen-bond acceptors (Lipinski definition) is 6. The van der Waals surface area contributed by atoms with Crippen LogP contribution in [0, 0.1) is 11.3 Å². The largest absolute Gasteiger partial charge is 0.385 e. The summed E-state index contributed by atoms with van der Waals surface area (Å²) in [6, 6.07) is 20.0. The summed E-state index contributed by atoms with van der Waals surface area (Å²) in [7, 11) is 0. The number of thioether (sulfide) groups is 1. The van der Waals surface area contributed by atoms with Crippen LogP contribution in [0.15, 0.2) is 70.6 Å². The predicted octanol–water partition coefficient (Wildman–Crippen LogP) is 3.06. The lowest BCUT2D eigenvalue weighted by molar-refractivity contribution is -0.115. The minimum absolute atomic E-state index is 0.297. The monoisotopic (exact) mass is 419 g/mol. The van der Waals surface area contributed by atoms with Crippen molar-refractivity contribution < 1.29 is 4.79 Å². The van der Waals surface area contributed by atoms with Gasteiger partial charge in [0.25, 0.3) is 5.56 Å². The molecular weight excluding hydrogens is 398 g/mol. The van der Waals surface area contributed by atoms with Crippen molar-refractivity contribution in [3.63, 3.8) is 0 Å². The van der Waals surface area contributed by atoms with E-state index in [1.54, 1.807) is 35.8 Å². The Balaban J connectivity index is 1.77. The predicted molar refractivity (Wildman–Crippen MR) is 118 cm³/mol. The third-order valence-corrected chi connectivity index (χ3v) is 5.53. The first-order valence-electron chi connectivity index (χ1n) is 9.36. The second kappa shape index (κ2) is 9.76. The number of carbonyl (C=O) groups excluding carboxylic acids is 1. The Labute approximate surface area is 178 Å². The first-order valence-corrected chi connectivity index (χ1v) is 10.2. The Morgan fingerprint density at radius 1 is 1.23 bits per heavy atom. The first kappa shape index (κ1) is 21.1. The first-order chi connectivity index (χ1) is 14.5. The second-order valence-corrected chi connectivity index (χ2v) is 7.90. The highest BCUT2D eigenvalue weighted by atomic mass is 32.2. The molecule has 1 atom stereocenters. The van der Waals surface area contributed by atoms with Crippen LogP contribution in [0.2, 0.25) is 0 Å². The number of hydrogen-bond donors (Lipinski definition) is 2. The van der Waals surface area contributed by atoms with Gasteiger partial charge in [0.05, 0.1) is 16.5 Å². The summed E-state index contributed by atoms with van der Waals surface area (Å²) < 4.78 is 1.74. The molecule has 3 rings (SSSR count). The molecule has 8 heteroatoms. The minimum atomic E-state index is -0.562. The fraction of sp³-hybridized carbons (Fsp3) is 0.182. The highest BCUT2D eigenvalue weighted by molar-refractivity contribution is 8.00. The van der Waals surface area contributed by atoms with Gasteiger partial charge in [-0.2, -0.15) is 10.2 Å². The molecule has 1 heterocycles. The standard InChI is InChI=1S/C22H21N5O2S/c1-15(21(29)25-18-10-6-5-9-17(18)14-23)30-22-26-20(28)13-19(24)27(22)12-11-16-7-3-2-4-8-16/h2-10,13,15H,11-12,24H2,1H3,(H,25,29)/t15-/m0/s1. The number of para-hydroxylation sites is 1. The Morgan fingerprint density at radius 2 is 1.93 bits per heavy atom. The summed E-state index contributed by atoms with van der Waals surface area (Å²) in [5.41, 5.74) is 7.58. The molecule has 0 radical (unpaired) electrons. The van der Waals surface area contributed by atoms with Crippen LogP contribution in [0.5, 0.6) is 0 Å². The smallest absolute Gasteiger partial charge is 0.275 e. The van der Waals surface area contributed by atoms with Crippen molar-refractivity contribution >= 4 is 29.2 Å². The van der Waals surface area contributed by atoms with E-state index in [1.165, 1.54) is 6.07 Å².